The van der Waals surface area contributed by atoms with Crippen LogP contribution < -0.4 is 5.32 Å². The first-order valence-electron chi connectivity index (χ1n) is 25.6. The van der Waals surface area contributed by atoms with Gasteiger partial charge in [0.2, 0.25) is 5.91 Å². The number of unbranched alkanes of at least 4 members (excludes halogenated alkanes) is 34. The number of allylic oxidation sites excluding steroid dienone is 3. The molecule has 0 aromatic heterocycles. The Kier molecular flexibility index (Phi) is 46.6. The van der Waals surface area contributed by atoms with Gasteiger partial charge in [0.25, 0.3) is 0 Å². The van der Waals surface area contributed by atoms with E-state index < -0.39 is 12.1 Å². The normalized spacial score (nSPS) is 12.8. The van der Waals surface area contributed by atoms with E-state index in [1.807, 2.05) is 6.08 Å². The van der Waals surface area contributed by atoms with Crippen LogP contribution in [0.25, 0.3) is 0 Å². The maximum absolute atomic E-state index is 12.4. The van der Waals surface area contributed by atoms with Crippen LogP contribution in [-0.4, -0.2) is 47.4 Å². The molecule has 6 nitrogen and oxygen atoms in total. The fraction of sp³-hybridized carbons (Fsp3) is 0.885. The summed E-state index contributed by atoms with van der Waals surface area (Å²) in [7, 11) is 0. The lowest BCUT2D eigenvalue weighted by Gasteiger charge is -2.20. The second-order valence-corrected chi connectivity index (χ2v) is 17.5. The van der Waals surface area contributed by atoms with Crippen LogP contribution in [0.1, 0.15) is 271 Å². The number of hydrogen-bond donors (Lipinski definition) is 3. The van der Waals surface area contributed by atoms with Crippen molar-refractivity contribution >= 4 is 11.9 Å². The predicted octanol–water partition coefficient (Wildman–Crippen LogP) is 15.1. The maximum atomic E-state index is 12.4. The SMILES string of the molecule is CCCCC/C=C\CCCCCCCC(=O)OCCCCCCCCCCCCCCCCCCCC(=O)NC(CO)C(O)/C=C/CCCCCCCCCCCC. The van der Waals surface area contributed by atoms with Crippen molar-refractivity contribution in [2.45, 2.75) is 283 Å². The summed E-state index contributed by atoms with van der Waals surface area (Å²) in [5.41, 5.74) is 0. The highest BCUT2D eigenvalue weighted by Gasteiger charge is 2.18. The van der Waals surface area contributed by atoms with E-state index >= 15 is 0 Å². The van der Waals surface area contributed by atoms with Gasteiger partial charge in [0.1, 0.15) is 0 Å². The van der Waals surface area contributed by atoms with E-state index in [1.54, 1.807) is 6.08 Å². The number of nitrogens with one attached hydrogen (secondary N) is 1. The standard InChI is InChI=1S/C52H99NO5/c1-3-5-7-9-11-13-15-24-28-32-36-40-44-50(55)49(48-54)53-51(56)45-41-37-33-29-25-22-20-18-17-19-21-23-27-31-35-39-43-47-58-52(57)46-42-38-34-30-26-16-14-12-10-8-6-4-2/h12,14,40,44,49-50,54-55H,3-11,13,15-39,41-43,45-48H2,1-2H3,(H,53,56)/b14-12-,44-40+. The van der Waals surface area contributed by atoms with Crippen LogP contribution in [0.15, 0.2) is 24.3 Å². The summed E-state index contributed by atoms with van der Waals surface area (Å²) in [5.74, 6) is -0.0806. The van der Waals surface area contributed by atoms with Gasteiger partial charge in [0.05, 0.1) is 25.4 Å². The summed E-state index contributed by atoms with van der Waals surface area (Å²) >= 11 is 0. The van der Waals surface area contributed by atoms with E-state index in [-0.39, 0.29) is 18.5 Å². The smallest absolute Gasteiger partial charge is 0.305 e. The number of esters is 1. The number of rotatable bonds is 47. The first-order valence-corrected chi connectivity index (χ1v) is 25.6. The first-order chi connectivity index (χ1) is 28.5. The predicted molar refractivity (Wildman–Crippen MR) is 250 cm³/mol. The van der Waals surface area contributed by atoms with Gasteiger partial charge in [-0.2, -0.15) is 0 Å². The molecule has 0 radical (unpaired) electrons. The molecular formula is C52H99NO5. The number of ether oxygens (including phenoxy) is 1. The van der Waals surface area contributed by atoms with Gasteiger partial charge in [-0.1, -0.05) is 224 Å². The van der Waals surface area contributed by atoms with E-state index in [0.29, 0.717) is 19.4 Å². The lowest BCUT2D eigenvalue weighted by atomic mass is 10.0. The van der Waals surface area contributed by atoms with Crippen molar-refractivity contribution in [1.29, 1.82) is 0 Å². The van der Waals surface area contributed by atoms with Gasteiger partial charge in [0, 0.05) is 12.8 Å². The van der Waals surface area contributed by atoms with Gasteiger partial charge in [0.15, 0.2) is 0 Å². The molecule has 1 amide bonds. The largest absolute Gasteiger partial charge is 0.466 e. The monoisotopic (exact) mass is 818 g/mol. The molecule has 0 aliphatic rings. The molecule has 0 aromatic rings. The second-order valence-electron chi connectivity index (χ2n) is 17.5. The molecule has 0 saturated carbocycles. The molecule has 0 saturated heterocycles. The van der Waals surface area contributed by atoms with Gasteiger partial charge >= 0.3 is 5.97 Å². The third-order valence-electron chi connectivity index (χ3n) is 11.7. The number of hydrogen-bond acceptors (Lipinski definition) is 5. The van der Waals surface area contributed by atoms with Crippen molar-refractivity contribution in [3.63, 3.8) is 0 Å². The zero-order valence-electron chi connectivity index (χ0n) is 38.8. The van der Waals surface area contributed by atoms with Crippen molar-refractivity contribution in [3.8, 4) is 0 Å². The molecule has 342 valence electrons. The third-order valence-corrected chi connectivity index (χ3v) is 11.7. The molecule has 0 heterocycles. The Morgan fingerprint density at radius 3 is 1.26 bits per heavy atom. The minimum atomic E-state index is -0.846. The van der Waals surface area contributed by atoms with Crippen molar-refractivity contribution in [3.05, 3.63) is 24.3 Å². The van der Waals surface area contributed by atoms with Crippen LogP contribution >= 0.6 is 0 Å². The van der Waals surface area contributed by atoms with E-state index in [2.05, 4.69) is 31.3 Å². The second kappa shape index (κ2) is 48.0. The lowest BCUT2D eigenvalue weighted by molar-refractivity contribution is -0.143. The molecule has 0 aliphatic heterocycles. The number of aliphatic hydroxyl groups excluding tert-OH is 2. The zero-order chi connectivity index (χ0) is 42.3. The minimum absolute atomic E-state index is 0.00612. The lowest BCUT2D eigenvalue weighted by Crippen LogP contribution is -2.45. The highest BCUT2D eigenvalue weighted by Crippen LogP contribution is 2.16. The van der Waals surface area contributed by atoms with Gasteiger partial charge in [-0.25, -0.2) is 0 Å². The Balaban J connectivity index is 3.44. The molecule has 0 rings (SSSR count). The van der Waals surface area contributed by atoms with Crippen molar-refractivity contribution < 1.29 is 24.5 Å². The molecule has 58 heavy (non-hydrogen) atoms. The fourth-order valence-electron chi connectivity index (χ4n) is 7.74. The molecule has 0 aromatic carbocycles. The zero-order valence-corrected chi connectivity index (χ0v) is 38.8. The molecule has 0 spiro atoms. The van der Waals surface area contributed by atoms with Crippen LogP contribution in [0, 0.1) is 0 Å². The molecule has 6 heteroatoms. The molecule has 2 unspecified atom stereocenters. The van der Waals surface area contributed by atoms with Gasteiger partial charge in [-0.3, -0.25) is 9.59 Å². The highest BCUT2D eigenvalue weighted by atomic mass is 16.5. The summed E-state index contributed by atoms with van der Waals surface area (Å²) < 4.78 is 5.45. The number of aliphatic hydroxyl groups is 2. The highest BCUT2D eigenvalue weighted by molar-refractivity contribution is 5.76. The molecule has 0 aliphatic carbocycles. The van der Waals surface area contributed by atoms with E-state index in [1.165, 1.54) is 199 Å². The van der Waals surface area contributed by atoms with Crippen molar-refractivity contribution in [2.24, 2.45) is 0 Å². The average molecular weight is 818 g/mol. The maximum Gasteiger partial charge on any atom is 0.305 e. The van der Waals surface area contributed by atoms with E-state index in [0.717, 1.165) is 44.9 Å². The minimum Gasteiger partial charge on any atom is -0.466 e. The van der Waals surface area contributed by atoms with E-state index in [4.69, 9.17) is 4.74 Å². The van der Waals surface area contributed by atoms with Gasteiger partial charge in [-0.05, 0) is 57.8 Å². The number of amides is 1. The van der Waals surface area contributed by atoms with Crippen molar-refractivity contribution in [1.82, 2.24) is 5.32 Å². The van der Waals surface area contributed by atoms with Crippen LogP contribution in [-0.2, 0) is 14.3 Å². The van der Waals surface area contributed by atoms with Crippen molar-refractivity contribution in [2.75, 3.05) is 13.2 Å². The Bertz CT molecular complexity index is 904. The number of carbonyl (C=O) groups excluding carboxylic acids is 2. The summed E-state index contributed by atoms with van der Waals surface area (Å²) in [6, 6.07) is -0.630. The van der Waals surface area contributed by atoms with Gasteiger partial charge < -0.3 is 20.3 Å². The third kappa shape index (κ3) is 43.9. The van der Waals surface area contributed by atoms with Crippen LogP contribution in [0.5, 0.6) is 0 Å². The first kappa shape index (κ1) is 56.3. The topological polar surface area (TPSA) is 95.9 Å². The quantitative estimate of drug-likeness (QED) is 0.0323. The Morgan fingerprint density at radius 1 is 0.466 bits per heavy atom. The molecular weight excluding hydrogens is 719 g/mol. The van der Waals surface area contributed by atoms with E-state index in [9.17, 15) is 19.8 Å². The molecule has 2 atom stereocenters. The molecule has 0 bridgehead atoms. The Hall–Kier alpha value is -1.66. The summed E-state index contributed by atoms with van der Waals surface area (Å²) in [5, 5.41) is 23.0. The average Bonchev–Trinajstić information content (AvgIpc) is 3.22. The van der Waals surface area contributed by atoms with Crippen LogP contribution in [0.3, 0.4) is 0 Å². The number of carbonyl (C=O) groups is 2. The summed E-state index contributed by atoms with van der Waals surface area (Å²) in [4.78, 5) is 24.4. The fourth-order valence-corrected chi connectivity index (χ4v) is 7.74. The Labute approximate surface area is 361 Å². The molecule has 0 fully saturated rings. The summed E-state index contributed by atoms with van der Waals surface area (Å²) in [6.07, 6.45) is 56.0. The van der Waals surface area contributed by atoms with Crippen LogP contribution in [0.2, 0.25) is 0 Å². The summed E-state index contributed by atoms with van der Waals surface area (Å²) in [6.45, 7) is 4.85. The molecule has 3 N–H and O–H groups in total. The van der Waals surface area contributed by atoms with Crippen LogP contribution in [0.4, 0.5) is 0 Å². The Morgan fingerprint density at radius 2 is 0.810 bits per heavy atom. The van der Waals surface area contributed by atoms with Gasteiger partial charge in [-0.15, -0.1) is 0 Å².